The Bertz CT molecular complexity index is 331. The topological polar surface area (TPSA) is 66.4 Å². The molecule has 1 amide bonds. The maximum atomic E-state index is 11.3. The number of carboxylic acid groups (broad SMARTS) is 1. The van der Waals surface area contributed by atoms with Crippen LogP contribution in [-0.2, 0) is 9.59 Å². The maximum Gasteiger partial charge on any atom is 0.320 e. The molecule has 0 aliphatic carbocycles. The van der Waals surface area contributed by atoms with Crippen LogP contribution < -0.4 is 5.32 Å². The Hall–Kier alpha value is -1.58. The maximum absolute atomic E-state index is 11.3. The number of unbranched alkanes of at least 4 members (excludes halogenated alkanes) is 1. The van der Waals surface area contributed by atoms with Crippen molar-refractivity contribution in [1.82, 2.24) is 5.32 Å². The number of allylic oxidation sites excluding steroid dienone is 1. The lowest BCUT2D eigenvalue weighted by molar-refractivity contribution is -0.145. The van der Waals surface area contributed by atoms with E-state index in [0.717, 1.165) is 24.8 Å². The van der Waals surface area contributed by atoms with Crippen molar-refractivity contribution in [3.05, 3.63) is 23.9 Å². The summed E-state index contributed by atoms with van der Waals surface area (Å²) in [5.41, 5.74) is 1.25. The Morgan fingerprint density at radius 3 is 2.87 bits per heavy atom. The second kappa shape index (κ2) is 4.77. The highest BCUT2D eigenvalue weighted by Crippen LogP contribution is 2.26. The lowest BCUT2D eigenvalue weighted by Crippen LogP contribution is -2.37. The number of aliphatic carboxylic acids is 1. The van der Waals surface area contributed by atoms with Crippen LogP contribution >= 0.6 is 0 Å². The molecule has 0 fully saturated rings. The molecule has 0 aromatic rings. The monoisotopic (exact) mass is 209 g/mol. The molecule has 4 heteroatoms. The van der Waals surface area contributed by atoms with Crippen LogP contribution in [0.1, 0.15) is 26.2 Å². The molecule has 1 heterocycles. The van der Waals surface area contributed by atoms with Gasteiger partial charge in [0.1, 0.15) is 0 Å². The number of nitrogens with one attached hydrogen (secondary N) is 1. The molecule has 1 rings (SSSR count). The van der Waals surface area contributed by atoms with Crippen molar-refractivity contribution < 1.29 is 14.7 Å². The van der Waals surface area contributed by atoms with Gasteiger partial charge in [-0.25, -0.2) is 0 Å². The number of carbonyl (C=O) groups excluding carboxylic acids is 1. The number of carbonyl (C=O) groups is 2. The van der Waals surface area contributed by atoms with Crippen molar-refractivity contribution in [2.45, 2.75) is 26.2 Å². The summed E-state index contributed by atoms with van der Waals surface area (Å²) in [7, 11) is 0. The largest absolute Gasteiger partial charge is 0.480 e. The number of hydrogen-bond acceptors (Lipinski definition) is 2. The summed E-state index contributed by atoms with van der Waals surface area (Å²) < 4.78 is 0. The molecule has 0 bridgehead atoms. The average molecular weight is 209 g/mol. The molecular weight excluding hydrogens is 194 g/mol. The molecule has 0 saturated heterocycles. The fourth-order valence-electron chi connectivity index (χ4n) is 1.54. The van der Waals surface area contributed by atoms with Crippen LogP contribution in [0.2, 0.25) is 0 Å². The van der Waals surface area contributed by atoms with E-state index in [4.69, 9.17) is 5.11 Å². The van der Waals surface area contributed by atoms with Gasteiger partial charge in [-0.05, 0) is 24.0 Å². The Morgan fingerprint density at radius 1 is 1.67 bits per heavy atom. The molecule has 1 aliphatic heterocycles. The third kappa shape index (κ3) is 2.46. The zero-order chi connectivity index (χ0) is 11.4. The summed E-state index contributed by atoms with van der Waals surface area (Å²) in [6.45, 7) is 5.75. The fraction of sp³-hybridized carbons (Fsp3) is 0.455. The van der Waals surface area contributed by atoms with Crippen LogP contribution in [0, 0.1) is 5.92 Å². The van der Waals surface area contributed by atoms with Gasteiger partial charge < -0.3 is 10.4 Å². The molecule has 0 aromatic carbocycles. The summed E-state index contributed by atoms with van der Waals surface area (Å²) in [4.78, 5) is 22.1. The van der Waals surface area contributed by atoms with Crippen LogP contribution in [-0.4, -0.2) is 17.0 Å². The van der Waals surface area contributed by atoms with Crippen molar-refractivity contribution in [1.29, 1.82) is 0 Å². The predicted octanol–water partition coefficient (Wildman–Crippen LogP) is 1.45. The standard InChI is InChI=1S/C11H15NO3/c1-3-4-5-8-6-12-10(13)9(7(8)2)11(14)15/h6,9H,2-5H2,1H3,(H,12,13)(H,14,15). The Balaban J connectivity index is 2.81. The average Bonchev–Trinajstić information content (AvgIpc) is 2.16. The normalized spacial score (nSPS) is 20.9. The van der Waals surface area contributed by atoms with Gasteiger partial charge in [-0.15, -0.1) is 0 Å². The van der Waals surface area contributed by atoms with Crippen molar-refractivity contribution in [3.8, 4) is 0 Å². The van der Waals surface area contributed by atoms with E-state index >= 15 is 0 Å². The van der Waals surface area contributed by atoms with E-state index in [0.29, 0.717) is 5.57 Å². The van der Waals surface area contributed by atoms with Crippen LogP contribution in [0.5, 0.6) is 0 Å². The molecule has 1 atom stereocenters. The third-order valence-electron chi connectivity index (χ3n) is 2.46. The van der Waals surface area contributed by atoms with Gasteiger partial charge in [0.25, 0.3) is 0 Å². The zero-order valence-corrected chi connectivity index (χ0v) is 8.75. The van der Waals surface area contributed by atoms with E-state index in [1.165, 1.54) is 0 Å². The van der Waals surface area contributed by atoms with Gasteiger partial charge in [0, 0.05) is 6.20 Å². The van der Waals surface area contributed by atoms with Crippen LogP contribution in [0.3, 0.4) is 0 Å². The van der Waals surface area contributed by atoms with Crippen LogP contribution in [0.25, 0.3) is 0 Å². The van der Waals surface area contributed by atoms with Crippen molar-refractivity contribution in [2.75, 3.05) is 0 Å². The second-order valence-corrected chi connectivity index (χ2v) is 3.58. The van der Waals surface area contributed by atoms with E-state index < -0.39 is 17.8 Å². The van der Waals surface area contributed by atoms with Gasteiger partial charge in [-0.1, -0.05) is 19.9 Å². The second-order valence-electron chi connectivity index (χ2n) is 3.58. The van der Waals surface area contributed by atoms with Crippen molar-refractivity contribution in [2.24, 2.45) is 5.92 Å². The molecule has 15 heavy (non-hydrogen) atoms. The molecule has 0 radical (unpaired) electrons. The molecule has 1 aliphatic rings. The molecular formula is C11H15NO3. The first-order chi connectivity index (χ1) is 7.07. The predicted molar refractivity (Wildman–Crippen MR) is 56.0 cm³/mol. The molecule has 2 N–H and O–H groups in total. The third-order valence-corrected chi connectivity index (χ3v) is 2.46. The summed E-state index contributed by atoms with van der Waals surface area (Å²) >= 11 is 0. The minimum absolute atomic E-state index is 0.416. The van der Waals surface area contributed by atoms with Crippen molar-refractivity contribution in [3.63, 3.8) is 0 Å². The minimum Gasteiger partial charge on any atom is -0.480 e. The molecule has 0 saturated carbocycles. The van der Waals surface area contributed by atoms with Gasteiger partial charge >= 0.3 is 5.97 Å². The first-order valence-electron chi connectivity index (χ1n) is 4.99. The van der Waals surface area contributed by atoms with Crippen LogP contribution in [0.4, 0.5) is 0 Å². The number of amides is 1. The van der Waals surface area contributed by atoms with E-state index in [9.17, 15) is 9.59 Å². The lowest BCUT2D eigenvalue weighted by atomic mass is 9.88. The number of rotatable bonds is 4. The zero-order valence-electron chi connectivity index (χ0n) is 8.75. The Kier molecular flexibility index (Phi) is 3.66. The van der Waals surface area contributed by atoms with E-state index in [1.807, 2.05) is 0 Å². The highest BCUT2D eigenvalue weighted by molar-refractivity contribution is 6.02. The summed E-state index contributed by atoms with van der Waals surface area (Å²) in [6, 6.07) is 0. The minimum atomic E-state index is -1.14. The number of carboxylic acids is 1. The van der Waals surface area contributed by atoms with E-state index in [1.54, 1.807) is 6.20 Å². The van der Waals surface area contributed by atoms with E-state index in [-0.39, 0.29) is 0 Å². The summed E-state index contributed by atoms with van der Waals surface area (Å²) in [5, 5.41) is 11.3. The highest BCUT2D eigenvalue weighted by atomic mass is 16.4. The quantitative estimate of drug-likeness (QED) is 0.688. The molecule has 0 aromatic heterocycles. The molecule has 0 spiro atoms. The first-order valence-corrected chi connectivity index (χ1v) is 4.99. The molecule has 4 nitrogen and oxygen atoms in total. The molecule has 82 valence electrons. The van der Waals surface area contributed by atoms with Gasteiger partial charge in [0.05, 0.1) is 0 Å². The van der Waals surface area contributed by atoms with E-state index in [2.05, 4.69) is 18.8 Å². The van der Waals surface area contributed by atoms with Gasteiger partial charge in [-0.3, -0.25) is 9.59 Å². The Morgan fingerprint density at radius 2 is 2.33 bits per heavy atom. The summed E-state index contributed by atoms with van der Waals surface area (Å²) in [6.07, 6.45) is 4.32. The van der Waals surface area contributed by atoms with Gasteiger partial charge in [-0.2, -0.15) is 0 Å². The van der Waals surface area contributed by atoms with Gasteiger partial charge in [0.2, 0.25) is 5.91 Å². The van der Waals surface area contributed by atoms with Crippen molar-refractivity contribution >= 4 is 11.9 Å². The summed E-state index contributed by atoms with van der Waals surface area (Å²) in [5.74, 6) is -2.77. The number of hydrogen-bond donors (Lipinski definition) is 2. The molecule has 1 unspecified atom stereocenters. The Labute approximate surface area is 88.7 Å². The smallest absolute Gasteiger partial charge is 0.320 e. The fourth-order valence-corrected chi connectivity index (χ4v) is 1.54. The first kappa shape index (κ1) is 11.5. The SMILES string of the molecule is C=C1C(CCCC)=CNC(=O)C1C(=O)O. The van der Waals surface area contributed by atoms with Gasteiger partial charge in [0.15, 0.2) is 5.92 Å². The van der Waals surface area contributed by atoms with Crippen LogP contribution in [0.15, 0.2) is 23.9 Å². The lowest BCUT2D eigenvalue weighted by Gasteiger charge is -2.22. The highest BCUT2D eigenvalue weighted by Gasteiger charge is 2.33.